The van der Waals surface area contributed by atoms with Gasteiger partial charge in [-0.25, -0.2) is 9.78 Å². The number of anilines is 1. The maximum absolute atomic E-state index is 11.3. The molecule has 9 heteroatoms. The minimum Gasteiger partial charge on any atom is -0.506 e. The minimum atomic E-state index is -1.17. The quantitative estimate of drug-likeness (QED) is 0.680. The van der Waals surface area contributed by atoms with Crippen molar-refractivity contribution in [3.8, 4) is 5.75 Å². The highest BCUT2D eigenvalue weighted by Gasteiger charge is 2.39. The Morgan fingerprint density at radius 2 is 2.08 bits per heavy atom. The normalized spacial score (nSPS) is 24.4. The van der Waals surface area contributed by atoms with Crippen LogP contribution in [0.25, 0.3) is 0 Å². The Morgan fingerprint density at radius 3 is 2.64 bits per heavy atom. The largest absolute Gasteiger partial charge is 0.506 e. The third-order valence-corrected chi connectivity index (χ3v) is 5.77. The Labute approximate surface area is 150 Å². The average molecular weight is 366 g/mol. The number of thioether (sulfide) groups is 1. The summed E-state index contributed by atoms with van der Waals surface area (Å²) in [6.45, 7) is 5.69. The molecule has 25 heavy (non-hydrogen) atoms. The lowest BCUT2D eigenvalue weighted by Gasteiger charge is -2.35. The molecular formula is C16H22N4O4S. The second-order valence-corrected chi connectivity index (χ2v) is 7.36. The molecule has 1 aromatic rings. The van der Waals surface area contributed by atoms with Crippen LogP contribution in [0.3, 0.4) is 0 Å². The van der Waals surface area contributed by atoms with E-state index in [0.717, 1.165) is 31.9 Å². The topological polar surface area (TPSA) is 109 Å². The van der Waals surface area contributed by atoms with Crippen molar-refractivity contribution in [1.82, 2.24) is 9.88 Å². The average Bonchev–Trinajstić information content (AvgIpc) is 2.99. The molecule has 3 N–H and O–H groups in total. The molecule has 1 aromatic heterocycles. The van der Waals surface area contributed by atoms with E-state index < -0.39 is 11.5 Å². The van der Waals surface area contributed by atoms with Crippen molar-refractivity contribution in [2.75, 3.05) is 50.0 Å². The number of aromatic hydroxyl groups is 1. The zero-order valence-electron chi connectivity index (χ0n) is 14.1. The number of aliphatic hydroxyl groups is 1. The fourth-order valence-corrected chi connectivity index (χ4v) is 4.05. The van der Waals surface area contributed by atoms with Crippen LogP contribution in [0, 0.1) is 0 Å². The van der Waals surface area contributed by atoms with E-state index >= 15 is 0 Å². The first-order chi connectivity index (χ1) is 11.9. The number of nitrogens with zero attached hydrogens (tertiary/aromatic N) is 4. The van der Waals surface area contributed by atoms with Crippen molar-refractivity contribution in [3.63, 3.8) is 0 Å². The summed E-state index contributed by atoms with van der Waals surface area (Å²) >= 11 is 1.29. The van der Waals surface area contributed by atoms with Gasteiger partial charge < -0.3 is 20.2 Å². The lowest BCUT2D eigenvalue weighted by atomic mass is 10.1. The zero-order valence-corrected chi connectivity index (χ0v) is 14.9. The highest BCUT2D eigenvalue weighted by atomic mass is 32.2. The molecule has 3 rings (SSSR count). The predicted molar refractivity (Wildman–Crippen MR) is 96.7 cm³/mol. The van der Waals surface area contributed by atoms with Gasteiger partial charge in [0.15, 0.2) is 5.54 Å². The van der Waals surface area contributed by atoms with E-state index in [0.29, 0.717) is 23.0 Å². The smallest absolute Gasteiger partial charge is 0.332 e. The summed E-state index contributed by atoms with van der Waals surface area (Å²) in [6.07, 6.45) is 1.69. The highest BCUT2D eigenvalue weighted by Crippen LogP contribution is 2.34. The van der Waals surface area contributed by atoms with Crippen molar-refractivity contribution in [1.29, 1.82) is 0 Å². The molecule has 0 saturated carbocycles. The SMILES string of the molecule is CC1(C(=O)O)CSC(c2ncc(N3CCN(CCO)CC3)cc2O)=N1. The van der Waals surface area contributed by atoms with E-state index in [4.69, 9.17) is 5.11 Å². The zero-order chi connectivity index (χ0) is 18.0. The molecule has 136 valence electrons. The molecule has 0 aliphatic carbocycles. The van der Waals surface area contributed by atoms with Gasteiger partial charge in [0.1, 0.15) is 16.5 Å². The third-order valence-electron chi connectivity index (χ3n) is 4.51. The van der Waals surface area contributed by atoms with Gasteiger partial charge in [0.25, 0.3) is 0 Å². The van der Waals surface area contributed by atoms with Crippen LogP contribution < -0.4 is 4.90 Å². The fourth-order valence-electron chi connectivity index (χ4n) is 2.88. The van der Waals surface area contributed by atoms with Gasteiger partial charge in [-0.1, -0.05) is 0 Å². The summed E-state index contributed by atoms with van der Waals surface area (Å²) in [5.41, 5.74) is -0.0114. The van der Waals surface area contributed by atoms with Gasteiger partial charge >= 0.3 is 5.97 Å². The van der Waals surface area contributed by atoms with Crippen molar-refractivity contribution in [2.24, 2.45) is 4.99 Å². The second kappa shape index (κ2) is 7.19. The van der Waals surface area contributed by atoms with Crippen molar-refractivity contribution in [2.45, 2.75) is 12.5 Å². The summed E-state index contributed by atoms with van der Waals surface area (Å²) < 4.78 is 0. The molecule has 0 spiro atoms. The van der Waals surface area contributed by atoms with Crippen molar-refractivity contribution in [3.05, 3.63) is 18.0 Å². The van der Waals surface area contributed by atoms with Crippen LogP contribution in [0.2, 0.25) is 0 Å². The number of hydrogen-bond donors (Lipinski definition) is 3. The Morgan fingerprint density at radius 1 is 1.36 bits per heavy atom. The number of aromatic nitrogens is 1. The van der Waals surface area contributed by atoms with Crippen molar-refractivity contribution >= 4 is 28.5 Å². The van der Waals surface area contributed by atoms with Crippen LogP contribution >= 0.6 is 11.8 Å². The van der Waals surface area contributed by atoms with Gasteiger partial charge in [-0.3, -0.25) is 9.89 Å². The molecule has 0 aromatic carbocycles. The number of aliphatic hydroxyl groups excluding tert-OH is 1. The number of pyridine rings is 1. The molecule has 1 unspecified atom stereocenters. The number of piperazine rings is 1. The Kier molecular flexibility index (Phi) is 5.16. The lowest BCUT2D eigenvalue weighted by molar-refractivity contribution is -0.141. The number of rotatable bonds is 5. The summed E-state index contributed by atoms with van der Waals surface area (Å²) in [5.74, 6) is -0.643. The number of β-amino-alcohol motifs (C(OH)–C–C–N with tert-alkyl or cyclic N) is 1. The molecule has 2 aliphatic rings. The maximum Gasteiger partial charge on any atom is 0.332 e. The van der Waals surface area contributed by atoms with Gasteiger partial charge in [0.2, 0.25) is 0 Å². The second-order valence-electron chi connectivity index (χ2n) is 6.40. The van der Waals surface area contributed by atoms with Crippen LogP contribution in [0.15, 0.2) is 17.3 Å². The first-order valence-corrected chi connectivity index (χ1v) is 9.15. The van der Waals surface area contributed by atoms with E-state index in [1.54, 1.807) is 19.2 Å². The third kappa shape index (κ3) is 3.73. The van der Waals surface area contributed by atoms with E-state index in [1.807, 2.05) is 0 Å². The van der Waals surface area contributed by atoms with Gasteiger partial charge in [-0.05, 0) is 6.92 Å². The van der Waals surface area contributed by atoms with Crippen LogP contribution in [0.4, 0.5) is 5.69 Å². The summed E-state index contributed by atoms with van der Waals surface area (Å²) in [4.78, 5) is 24.2. The number of carboxylic acids is 1. The number of hydrogen-bond acceptors (Lipinski definition) is 8. The number of carbonyl (C=O) groups is 1. The molecule has 2 aliphatic heterocycles. The summed E-state index contributed by atoms with van der Waals surface area (Å²) in [5, 5.41) is 29.1. The Bertz CT molecular complexity index is 691. The summed E-state index contributed by atoms with van der Waals surface area (Å²) in [6, 6.07) is 1.66. The standard InChI is InChI=1S/C16H22N4O4S/c1-16(15(23)24)10-25-14(18-16)13-12(22)8-11(9-17-13)20-4-2-19(3-5-20)6-7-21/h8-9,21-22H,2-7,10H2,1H3,(H,23,24). The Hall–Kier alpha value is -1.84. The molecule has 3 heterocycles. The van der Waals surface area contributed by atoms with E-state index in [1.165, 1.54) is 11.8 Å². The van der Waals surface area contributed by atoms with E-state index in [-0.39, 0.29) is 12.4 Å². The van der Waals surface area contributed by atoms with Crippen LogP contribution in [0.5, 0.6) is 5.75 Å². The lowest BCUT2D eigenvalue weighted by Crippen LogP contribution is -2.47. The molecule has 0 bridgehead atoms. The molecule has 1 fully saturated rings. The highest BCUT2D eigenvalue weighted by molar-refractivity contribution is 8.14. The minimum absolute atomic E-state index is 0.0103. The molecule has 8 nitrogen and oxygen atoms in total. The molecule has 1 saturated heterocycles. The van der Waals surface area contributed by atoms with Crippen LogP contribution in [0.1, 0.15) is 12.6 Å². The van der Waals surface area contributed by atoms with E-state index in [9.17, 15) is 15.0 Å². The van der Waals surface area contributed by atoms with E-state index in [2.05, 4.69) is 19.8 Å². The number of aliphatic imine (C=N–C) groups is 1. The van der Waals surface area contributed by atoms with Gasteiger partial charge in [0.05, 0.1) is 18.5 Å². The van der Waals surface area contributed by atoms with Gasteiger partial charge in [-0.15, -0.1) is 11.8 Å². The van der Waals surface area contributed by atoms with Gasteiger partial charge in [0, 0.05) is 44.5 Å². The fraction of sp³-hybridized carbons (Fsp3) is 0.562. The monoisotopic (exact) mass is 366 g/mol. The number of carboxylic acid groups (broad SMARTS) is 1. The molecule has 0 amide bonds. The maximum atomic E-state index is 11.3. The molecule has 0 radical (unpaired) electrons. The van der Waals surface area contributed by atoms with Crippen LogP contribution in [-0.2, 0) is 4.79 Å². The van der Waals surface area contributed by atoms with Crippen molar-refractivity contribution < 1.29 is 20.1 Å². The van der Waals surface area contributed by atoms with Gasteiger partial charge in [-0.2, -0.15) is 0 Å². The first-order valence-electron chi connectivity index (χ1n) is 8.16. The first kappa shape index (κ1) is 18.0. The molecular weight excluding hydrogens is 344 g/mol. The Balaban J connectivity index is 1.73. The summed E-state index contributed by atoms with van der Waals surface area (Å²) in [7, 11) is 0. The number of aliphatic carboxylic acids is 1. The molecule has 1 atom stereocenters. The predicted octanol–water partition coefficient (Wildman–Crippen LogP) is 0.238. The van der Waals surface area contributed by atoms with Crippen LogP contribution in [-0.4, -0.2) is 86.8 Å².